The summed E-state index contributed by atoms with van der Waals surface area (Å²) in [6, 6.07) is 0. The molecule has 0 spiro atoms. The predicted octanol–water partition coefficient (Wildman–Crippen LogP) is 1.25. The molecule has 1 amide bonds. The third kappa shape index (κ3) is 1.43. The van der Waals surface area contributed by atoms with Crippen LogP contribution in [0.25, 0.3) is 0 Å². The van der Waals surface area contributed by atoms with E-state index in [2.05, 4.69) is 15.9 Å². The number of hydrogen-bond donors (Lipinski definition) is 0. The molecular formula is C8H12BrNO. The summed E-state index contributed by atoms with van der Waals surface area (Å²) in [5.41, 5.74) is 0. The molecule has 2 aliphatic rings. The molecule has 0 unspecified atom stereocenters. The fourth-order valence-electron chi connectivity index (χ4n) is 1.44. The van der Waals surface area contributed by atoms with Crippen molar-refractivity contribution in [3.8, 4) is 0 Å². The first-order valence-electron chi connectivity index (χ1n) is 4.16. The molecule has 1 heterocycles. The minimum absolute atomic E-state index is 0.405. The number of carbonyl (C=O) groups excluding carboxylic acids is 1. The van der Waals surface area contributed by atoms with E-state index < -0.39 is 0 Å². The number of hydrogen-bond acceptors (Lipinski definition) is 1. The molecule has 2 nitrogen and oxygen atoms in total. The molecule has 1 aliphatic heterocycles. The van der Waals surface area contributed by atoms with E-state index >= 15 is 0 Å². The average molecular weight is 218 g/mol. The van der Waals surface area contributed by atoms with Gasteiger partial charge in [-0.15, -0.1) is 0 Å². The van der Waals surface area contributed by atoms with E-state index in [9.17, 15) is 4.79 Å². The fraction of sp³-hybridized carbons (Fsp3) is 0.875. The SMILES string of the molecule is O=C(C1CC1)N1CC(CBr)C1. The first-order valence-corrected chi connectivity index (χ1v) is 5.28. The van der Waals surface area contributed by atoms with Crippen molar-refractivity contribution in [3.05, 3.63) is 0 Å². The van der Waals surface area contributed by atoms with Gasteiger partial charge in [-0.05, 0) is 12.8 Å². The maximum atomic E-state index is 11.4. The van der Waals surface area contributed by atoms with E-state index in [1.165, 1.54) is 0 Å². The molecule has 0 aromatic carbocycles. The molecule has 62 valence electrons. The standard InChI is InChI=1S/C8H12BrNO/c9-3-6-4-10(5-6)8(11)7-1-2-7/h6-7H,1-5H2. The molecule has 0 radical (unpaired) electrons. The van der Waals surface area contributed by atoms with Gasteiger partial charge in [-0.25, -0.2) is 0 Å². The summed E-state index contributed by atoms with van der Waals surface area (Å²) in [5.74, 6) is 1.53. The van der Waals surface area contributed by atoms with E-state index in [0.717, 1.165) is 37.2 Å². The minimum atomic E-state index is 0.405. The summed E-state index contributed by atoms with van der Waals surface area (Å²) in [6.45, 7) is 1.97. The summed E-state index contributed by atoms with van der Waals surface area (Å²) in [5, 5.41) is 1.04. The Labute approximate surface area is 75.1 Å². The zero-order valence-electron chi connectivity index (χ0n) is 6.42. The Hall–Kier alpha value is -0.0500. The van der Waals surface area contributed by atoms with Gasteiger partial charge in [-0.1, -0.05) is 15.9 Å². The summed E-state index contributed by atoms with van der Waals surface area (Å²) < 4.78 is 0. The molecule has 2 fully saturated rings. The molecule has 0 aromatic rings. The van der Waals surface area contributed by atoms with Crippen molar-refractivity contribution in [3.63, 3.8) is 0 Å². The lowest BCUT2D eigenvalue weighted by Crippen LogP contribution is -2.51. The van der Waals surface area contributed by atoms with Crippen molar-refractivity contribution in [1.29, 1.82) is 0 Å². The highest BCUT2D eigenvalue weighted by molar-refractivity contribution is 9.09. The summed E-state index contributed by atoms with van der Waals surface area (Å²) >= 11 is 3.42. The van der Waals surface area contributed by atoms with E-state index in [-0.39, 0.29) is 0 Å². The molecule has 0 aromatic heterocycles. The molecule has 11 heavy (non-hydrogen) atoms. The predicted molar refractivity (Wildman–Crippen MR) is 46.6 cm³/mol. The molecule has 0 N–H and O–H groups in total. The first-order chi connectivity index (χ1) is 5.31. The minimum Gasteiger partial charge on any atom is -0.342 e. The first kappa shape index (κ1) is 7.59. The van der Waals surface area contributed by atoms with E-state index in [4.69, 9.17) is 0 Å². The van der Waals surface area contributed by atoms with Crippen molar-refractivity contribution >= 4 is 21.8 Å². The summed E-state index contributed by atoms with van der Waals surface area (Å²) in [7, 11) is 0. The normalized spacial score (nSPS) is 25.0. The molecule has 2 rings (SSSR count). The topological polar surface area (TPSA) is 20.3 Å². The number of likely N-dealkylation sites (tertiary alicyclic amines) is 1. The highest BCUT2D eigenvalue weighted by Gasteiger charge is 2.38. The van der Waals surface area contributed by atoms with Gasteiger partial charge in [-0.3, -0.25) is 4.79 Å². The van der Waals surface area contributed by atoms with Gasteiger partial charge >= 0.3 is 0 Å². The maximum Gasteiger partial charge on any atom is 0.225 e. The van der Waals surface area contributed by atoms with Crippen LogP contribution in [0.1, 0.15) is 12.8 Å². The zero-order valence-corrected chi connectivity index (χ0v) is 8.01. The number of alkyl halides is 1. The number of amides is 1. The molecular weight excluding hydrogens is 206 g/mol. The smallest absolute Gasteiger partial charge is 0.225 e. The third-order valence-electron chi connectivity index (χ3n) is 2.41. The number of nitrogens with zero attached hydrogens (tertiary/aromatic N) is 1. The van der Waals surface area contributed by atoms with Crippen LogP contribution in [0.2, 0.25) is 0 Å². The van der Waals surface area contributed by atoms with E-state index in [0.29, 0.717) is 11.8 Å². The van der Waals surface area contributed by atoms with Crippen molar-refractivity contribution in [2.24, 2.45) is 11.8 Å². The maximum absolute atomic E-state index is 11.4. The van der Waals surface area contributed by atoms with Gasteiger partial charge in [0.15, 0.2) is 0 Å². The summed E-state index contributed by atoms with van der Waals surface area (Å²) in [4.78, 5) is 13.3. The van der Waals surface area contributed by atoms with Crippen molar-refractivity contribution in [1.82, 2.24) is 4.90 Å². The lowest BCUT2D eigenvalue weighted by molar-refractivity contribution is -0.138. The zero-order chi connectivity index (χ0) is 7.84. The molecule has 0 bridgehead atoms. The lowest BCUT2D eigenvalue weighted by Gasteiger charge is -2.38. The van der Waals surface area contributed by atoms with Crippen molar-refractivity contribution in [2.75, 3.05) is 18.4 Å². The average Bonchev–Trinajstić information content (AvgIpc) is 2.65. The van der Waals surface area contributed by atoms with E-state index in [1.807, 2.05) is 4.90 Å². The molecule has 1 saturated heterocycles. The van der Waals surface area contributed by atoms with Gasteiger partial charge in [0.05, 0.1) is 0 Å². The van der Waals surface area contributed by atoms with Gasteiger partial charge < -0.3 is 4.90 Å². The Morgan fingerprint density at radius 2 is 2.09 bits per heavy atom. The fourth-order valence-corrected chi connectivity index (χ4v) is 1.85. The second kappa shape index (κ2) is 2.77. The van der Waals surface area contributed by atoms with Crippen molar-refractivity contribution < 1.29 is 4.79 Å². The van der Waals surface area contributed by atoms with Gasteiger partial charge in [0.25, 0.3) is 0 Å². The quantitative estimate of drug-likeness (QED) is 0.639. The van der Waals surface area contributed by atoms with Crippen molar-refractivity contribution in [2.45, 2.75) is 12.8 Å². The Balaban J connectivity index is 1.76. The third-order valence-corrected chi connectivity index (χ3v) is 3.33. The van der Waals surface area contributed by atoms with Crippen LogP contribution in [0.4, 0.5) is 0 Å². The molecule has 1 aliphatic carbocycles. The summed E-state index contributed by atoms with van der Waals surface area (Å²) in [6.07, 6.45) is 2.27. The largest absolute Gasteiger partial charge is 0.342 e. The van der Waals surface area contributed by atoms with Crippen LogP contribution in [0.3, 0.4) is 0 Å². The van der Waals surface area contributed by atoms with Crippen LogP contribution in [-0.2, 0) is 4.79 Å². The van der Waals surface area contributed by atoms with Gasteiger partial charge in [0.2, 0.25) is 5.91 Å². The number of halogens is 1. The monoisotopic (exact) mass is 217 g/mol. The van der Waals surface area contributed by atoms with Crippen LogP contribution >= 0.6 is 15.9 Å². The molecule has 3 heteroatoms. The lowest BCUT2D eigenvalue weighted by atomic mass is 10.0. The van der Waals surface area contributed by atoms with Gasteiger partial charge in [0, 0.05) is 30.3 Å². The highest BCUT2D eigenvalue weighted by Crippen LogP contribution is 2.33. The Morgan fingerprint density at radius 3 is 2.55 bits per heavy atom. The molecule has 1 saturated carbocycles. The van der Waals surface area contributed by atoms with Crippen LogP contribution in [0.15, 0.2) is 0 Å². The number of carbonyl (C=O) groups is 1. The van der Waals surface area contributed by atoms with Crippen LogP contribution in [-0.4, -0.2) is 29.2 Å². The Bertz CT molecular complexity index is 173. The Morgan fingerprint density at radius 1 is 1.45 bits per heavy atom. The Kier molecular flexibility index (Phi) is 1.91. The number of rotatable bonds is 2. The highest BCUT2D eigenvalue weighted by atomic mass is 79.9. The van der Waals surface area contributed by atoms with Crippen LogP contribution in [0.5, 0.6) is 0 Å². The second-order valence-corrected chi connectivity index (χ2v) is 4.19. The van der Waals surface area contributed by atoms with Crippen LogP contribution < -0.4 is 0 Å². The molecule has 0 atom stereocenters. The second-order valence-electron chi connectivity index (χ2n) is 3.54. The van der Waals surface area contributed by atoms with Gasteiger partial charge in [-0.2, -0.15) is 0 Å². The van der Waals surface area contributed by atoms with E-state index in [1.54, 1.807) is 0 Å². The van der Waals surface area contributed by atoms with Crippen LogP contribution in [0, 0.1) is 11.8 Å². The van der Waals surface area contributed by atoms with Gasteiger partial charge in [0.1, 0.15) is 0 Å².